The number of aromatic nitrogens is 2. The van der Waals surface area contributed by atoms with E-state index in [1.165, 1.54) is 12.1 Å². The van der Waals surface area contributed by atoms with Crippen LogP contribution in [0, 0.1) is 5.82 Å². The van der Waals surface area contributed by atoms with Gasteiger partial charge >= 0.3 is 0 Å². The maximum absolute atomic E-state index is 13.3. The Kier molecular flexibility index (Phi) is 3.54. The lowest BCUT2D eigenvalue weighted by molar-refractivity contribution is 0.454. The van der Waals surface area contributed by atoms with Gasteiger partial charge in [0.15, 0.2) is 5.15 Å². The minimum absolute atomic E-state index is 0.274. The Bertz CT molecular complexity index is 797. The SMILES string of the molecule is Fc1ccc(Br)c(Oc2nnc(Cl)c3ccccc23)c1. The van der Waals surface area contributed by atoms with Crippen molar-refractivity contribution in [2.24, 2.45) is 0 Å². The fourth-order valence-corrected chi connectivity index (χ4v) is 2.31. The van der Waals surface area contributed by atoms with E-state index in [1.807, 2.05) is 24.3 Å². The second-order valence-electron chi connectivity index (χ2n) is 4.02. The molecule has 0 spiro atoms. The molecule has 20 heavy (non-hydrogen) atoms. The third kappa shape index (κ3) is 2.46. The molecular weight excluding hydrogens is 347 g/mol. The van der Waals surface area contributed by atoms with Crippen LogP contribution in [-0.2, 0) is 0 Å². The first-order chi connectivity index (χ1) is 9.65. The Morgan fingerprint density at radius 2 is 1.80 bits per heavy atom. The number of hydrogen-bond acceptors (Lipinski definition) is 3. The fraction of sp³-hybridized carbons (Fsp3) is 0. The van der Waals surface area contributed by atoms with Gasteiger partial charge in [-0.05, 0) is 34.1 Å². The lowest BCUT2D eigenvalue weighted by Gasteiger charge is -2.09. The van der Waals surface area contributed by atoms with Gasteiger partial charge in [-0.15, -0.1) is 10.2 Å². The summed E-state index contributed by atoms with van der Waals surface area (Å²) in [5, 5.41) is 9.50. The molecule has 0 N–H and O–H groups in total. The van der Waals surface area contributed by atoms with Gasteiger partial charge in [0, 0.05) is 16.8 Å². The molecule has 0 amide bonds. The average Bonchev–Trinajstić information content (AvgIpc) is 2.46. The first kappa shape index (κ1) is 13.3. The second kappa shape index (κ2) is 5.34. The van der Waals surface area contributed by atoms with Crippen molar-refractivity contribution in [1.29, 1.82) is 0 Å². The molecule has 0 radical (unpaired) electrons. The zero-order chi connectivity index (χ0) is 14.1. The van der Waals surface area contributed by atoms with Crippen molar-refractivity contribution in [3.8, 4) is 11.6 Å². The Hall–Kier alpha value is -1.72. The van der Waals surface area contributed by atoms with Crippen LogP contribution in [0.2, 0.25) is 5.15 Å². The minimum atomic E-state index is -0.394. The number of benzene rings is 2. The first-order valence-electron chi connectivity index (χ1n) is 5.69. The van der Waals surface area contributed by atoms with Crippen molar-refractivity contribution in [3.05, 3.63) is 57.9 Å². The van der Waals surface area contributed by atoms with E-state index in [-0.39, 0.29) is 5.88 Å². The summed E-state index contributed by atoms with van der Waals surface area (Å²) >= 11 is 9.29. The first-order valence-corrected chi connectivity index (χ1v) is 6.86. The van der Waals surface area contributed by atoms with Crippen LogP contribution in [0.5, 0.6) is 11.6 Å². The quantitative estimate of drug-likeness (QED) is 0.652. The second-order valence-corrected chi connectivity index (χ2v) is 5.23. The molecule has 0 atom stereocenters. The zero-order valence-corrected chi connectivity index (χ0v) is 12.3. The van der Waals surface area contributed by atoms with E-state index in [9.17, 15) is 4.39 Å². The van der Waals surface area contributed by atoms with E-state index in [0.717, 1.165) is 5.39 Å². The summed E-state index contributed by atoms with van der Waals surface area (Å²) in [6, 6.07) is 11.5. The third-order valence-electron chi connectivity index (χ3n) is 2.71. The van der Waals surface area contributed by atoms with Gasteiger partial charge in [-0.25, -0.2) is 4.39 Å². The zero-order valence-electron chi connectivity index (χ0n) is 9.98. The van der Waals surface area contributed by atoms with Gasteiger partial charge in [-0.1, -0.05) is 29.8 Å². The van der Waals surface area contributed by atoms with Crippen LogP contribution in [0.25, 0.3) is 10.8 Å². The largest absolute Gasteiger partial charge is 0.436 e. The standard InChI is InChI=1S/C14H7BrClFN2O/c15-11-6-5-8(17)7-12(11)20-14-10-4-2-1-3-9(10)13(16)18-19-14/h1-7H. The predicted octanol–water partition coefficient (Wildman–Crippen LogP) is 4.98. The number of rotatable bonds is 2. The molecule has 3 rings (SSSR count). The molecule has 3 nitrogen and oxygen atoms in total. The van der Waals surface area contributed by atoms with Crippen molar-refractivity contribution < 1.29 is 9.13 Å². The van der Waals surface area contributed by atoms with Crippen molar-refractivity contribution >= 4 is 38.3 Å². The van der Waals surface area contributed by atoms with E-state index in [0.29, 0.717) is 20.8 Å². The molecule has 0 fully saturated rings. The molecule has 0 saturated carbocycles. The molecule has 0 aliphatic carbocycles. The molecule has 0 bridgehead atoms. The summed E-state index contributed by atoms with van der Waals surface area (Å²) in [4.78, 5) is 0. The highest BCUT2D eigenvalue weighted by Gasteiger charge is 2.11. The van der Waals surface area contributed by atoms with E-state index >= 15 is 0 Å². The molecule has 6 heteroatoms. The fourth-order valence-electron chi connectivity index (χ4n) is 1.78. The summed E-state index contributed by atoms with van der Waals surface area (Å²) in [5.41, 5.74) is 0. The van der Waals surface area contributed by atoms with Gasteiger partial charge in [0.1, 0.15) is 11.6 Å². The summed E-state index contributed by atoms with van der Waals surface area (Å²) in [7, 11) is 0. The normalized spacial score (nSPS) is 10.8. The highest BCUT2D eigenvalue weighted by Crippen LogP contribution is 2.34. The summed E-state index contributed by atoms with van der Waals surface area (Å²) in [6.45, 7) is 0. The van der Waals surface area contributed by atoms with E-state index in [1.54, 1.807) is 6.07 Å². The number of halogens is 3. The monoisotopic (exact) mass is 352 g/mol. The van der Waals surface area contributed by atoms with Gasteiger partial charge in [0.2, 0.25) is 5.88 Å². The molecule has 3 aromatic rings. The van der Waals surface area contributed by atoms with Crippen LogP contribution in [0.1, 0.15) is 0 Å². The molecule has 1 heterocycles. The van der Waals surface area contributed by atoms with Crippen molar-refractivity contribution in [1.82, 2.24) is 10.2 Å². The number of ether oxygens (including phenoxy) is 1. The molecule has 100 valence electrons. The molecule has 0 saturated heterocycles. The summed E-state index contributed by atoms with van der Waals surface area (Å²) < 4.78 is 19.5. The topological polar surface area (TPSA) is 35.0 Å². The van der Waals surface area contributed by atoms with Crippen molar-refractivity contribution in [3.63, 3.8) is 0 Å². The molecule has 1 aromatic heterocycles. The molecule has 0 aliphatic heterocycles. The number of hydrogen-bond donors (Lipinski definition) is 0. The Morgan fingerprint density at radius 1 is 1.05 bits per heavy atom. The number of fused-ring (bicyclic) bond motifs is 1. The van der Waals surface area contributed by atoms with Crippen LogP contribution in [0.3, 0.4) is 0 Å². The minimum Gasteiger partial charge on any atom is -0.436 e. The van der Waals surface area contributed by atoms with E-state index < -0.39 is 5.82 Å². The van der Waals surface area contributed by atoms with E-state index in [2.05, 4.69) is 26.1 Å². The summed E-state index contributed by atoms with van der Waals surface area (Å²) in [6.07, 6.45) is 0. The predicted molar refractivity (Wildman–Crippen MR) is 78.7 cm³/mol. The van der Waals surface area contributed by atoms with Crippen molar-refractivity contribution in [2.45, 2.75) is 0 Å². The van der Waals surface area contributed by atoms with Gasteiger partial charge in [-0.3, -0.25) is 0 Å². The Morgan fingerprint density at radius 3 is 2.60 bits per heavy atom. The van der Waals surface area contributed by atoms with E-state index in [4.69, 9.17) is 16.3 Å². The molecular formula is C14H7BrClFN2O. The van der Waals surface area contributed by atoms with Crippen molar-refractivity contribution in [2.75, 3.05) is 0 Å². The average molecular weight is 354 g/mol. The lowest BCUT2D eigenvalue weighted by atomic mass is 10.2. The highest BCUT2D eigenvalue weighted by atomic mass is 79.9. The third-order valence-corrected chi connectivity index (χ3v) is 3.64. The van der Waals surface area contributed by atoms with Gasteiger partial charge in [0.05, 0.1) is 4.47 Å². The van der Waals surface area contributed by atoms with Gasteiger partial charge in [-0.2, -0.15) is 0 Å². The van der Waals surface area contributed by atoms with Crippen LogP contribution >= 0.6 is 27.5 Å². The Balaban J connectivity index is 2.11. The maximum atomic E-state index is 13.3. The molecule has 0 unspecified atom stereocenters. The smallest absolute Gasteiger partial charge is 0.246 e. The van der Waals surface area contributed by atoms with Crippen LogP contribution < -0.4 is 4.74 Å². The Labute approximate surface area is 127 Å². The van der Waals surface area contributed by atoms with Crippen LogP contribution in [0.4, 0.5) is 4.39 Å². The highest BCUT2D eigenvalue weighted by molar-refractivity contribution is 9.10. The van der Waals surface area contributed by atoms with Crippen LogP contribution in [0.15, 0.2) is 46.9 Å². The van der Waals surface area contributed by atoms with Gasteiger partial charge in [0.25, 0.3) is 0 Å². The molecule has 0 aliphatic rings. The summed E-state index contributed by atoms with van der Waals surface area (Å²) in [5.74, 6) is 0.206. The number of nitrogens with zero attached hydrogens (tertiary/aromatic N) is 2. The van der Waals surface area contributed by atoms with Crippen LogP contribution in [-0.4, -0.2) is 10.2 Å². The lowest BCUT2D eigenvalue weighted by Crippen LogP contribution is -1.94. The molecule has 2 aromatic carbocycles. The van der Waals surface area contributed by atoms with Gasteiger partial charge < -0.3 is 4.74 Å². The maximum Gasteiger partial charge on any atom is 0.246 e.